The molecule has 1 unspecified atom stereocenters. The van der Waals surface area contributed by atoms with Crippen LogP contribution in [0, 0.1) is 5.92 Å². The fourth-order valence-corrected chi connectivity index (χ4v) is 3.36. The van der Waals surface area contributed by atoms with E-state index in [1.165, 1.54) is 5.69 Å². The molecule has 24 heavy (non-hydrogen) atoms. The Hall–Kier alpha value is -1.72. The number of aromatic nitrogens is 2. The standard InChI is InChI=1S/C18H24ClN3O2/c1-12(2)14(16-4-5-21-22(16)3)11-20-10-13-8-15(19)18-17(9-13)23-6-7-24-18/h4-5,8-9,12,14,20H,6-7,10-11H2,1-3H3. The first-order valence-corrected chi connectivity index (χ1v) is 8.70. The summed E-state index contributed by atoms with van der Waals surface area (Å²) in [4.78, 5) is 0. The first-order chi connectivity index (χ1) is 11.6. The minimum absolute atomic E-state index is 0.408. The van der Waals surface area contributed by atoms with Crippen LogP contribution in [0.25, 0.3) is 0 Å². The molecule has 3 rings (SSSR count). The number of halogens is 1. The highest BCUT2D eigenvalue weighted by molar-refractivity contribution is 6.32. The Morgan fingerprint density at radius 2 is 2.08 bits per heavy atom. The molecule has 1 aliphatic heterocycles. The predicted molar refractivity (Wildman–Crippen MR) is 94.9 cm³/mol. The van der Waals surface area contributed by atoms with E-state index in [1.807, 2.05) is 30.1 Å². The van der Waals surface area contributed by atoms with Crippen LogP contribution in [0.1, 0.15) is 31.0 Å². The second-order valence-electron chi connectivity index (χ2n) is 6.46. The van der Waals surface area contributed by atoms with Gasteiger partial charge in [-0.25, -0.2) is 0 Å². The molecule has 1 aromatic carbocycles. The molecule has 130 valence electrons. The summed E-state index contributed by atoms with van der Waals surface area (Å²) < 4.78 is 13.1. The molecule has 2 heterocycles. The van der Waals surface area contributed by atoms with E-state index in [2.05, 4.69) is 30.3 Å². The summed E-state index contributed by atoms with van der Waals surface area (Å²) in [5, 5.41) is 8.43. The first kappa shape index (κ1) is 17.1. The lowest BCUT2D eigenvalue weighted by Crippen LogP contribution is -2.26. The van der Waals surface area contributed by atoms with Crippen LogP contribution in [0.4, 0.5) is 0 Å². The average molecular weight is 350 g/mol. The van der Waals surface area contributed by atoms with Gasteiger partial charge in [-0.3, -0.25) is 4.68 Å². The van der Waals surface area contributed by atoms with Crippen molar-refractivity contribution in [2.75, 3.05) is 19.8 Å². The molecule has 0 amide bonds. The van der Waals surface area contributed by atoms with Gasteiger partial charge in [0.15, 0.2) is 11.5 Å². The second-order valence-corrected chi connectivity index (χ2v) is 6.87. The largest absolute Gasteiger partial charge is 0.486 e. The minimum atomic E-state index is 0.408. The molecule has 0 aliphatic carbocycles. The maximum atomic E-state index is 6.30. The van der Waals surface area contributed by atoms with Crippen molar-refractivity contribution in [3.8, 4) is 11.5 Å². The van der Waals surface area contributed by atoms with Crippen molar-refractivity contribution in [1.82, 2.24) is 15.1 Å². The maximum absolute atomic E-state index is 6.30. The van der Waals surface area contributed by atoms with Crippen LogP contribution in [-0.4, -0.2) is 29.5 Å². The number of hydrogen-bond acceptors (Lipinski definition) is 4. The van der Waals surface area contributed by atoms with Crippen LogP contribution < -0.4 is 14.8 Å². The number of ether oxygens (including phenoxy) is 2. The highest BCUT2D eigenvalue weighted by Gasteiger charge is 2.19. The number of nitrogens with zero attached hydrogens (tertiary/aromatic N) is 2. The molecule has 1 atom stereocenters. The lowest BCUT2D eigenvalue weighted by molar-refractivity contribution is 0.171. The average Bonchev–Trinajstić information content (AvgIpc) is 2.97. The van der Waals surface area contributed by atoms with Gasteiger partial charge in [0.05, 0.1) is 5.02 Å². The molecule has 5 nitrogen and oxygen atoms in total. The van der Waals surface area contributed by atoms with Crippen LogP contribution in [0.3, 0.4) is 0 Å². The highest BCUT2D eigenvalue weighted by atomic mass is 35.5. The van der Waals surface area contributed by atoms with Gasteiger partial charge >= 0.3 is 0 Å². The van der Waals surface area contributed by atoms with Gasteiger partial charge < -0.3 is 14.8 Å². The van der Waals surface area contributed by atoms with Gasteiger partial charge in [-0.15, -0.1) is 0 Å². The number of nitrogens with one attached hydrogen (secondary N) is 1. The fraction of sp³-hybridized carbons (Fsp3) is 0.500. The summed E-state index contributed by atoms with van der Waals surface area (Å²) in [6.07, 6.45) is 1.85. The molecule has 1 aromatic heterocycles. The van der Waals surface area contributed by atoms with Crippen molar-refractivity contribution in [2.24, 2.45) is 13.0 Å². The van der Waals surface area contributed by atoms with E-state index in [1.54, 1.807) is 0 Å². The van der Waals surface area contributed by atoms with E-state index in [9.17, 15) is 0 Å². The zero-order valence-corrected chi connectivity index (χ0v) is 15.1. The molecule has 1 aliphatic rings. The molecule has 0 bridgehead atoms. The Morgan fingerprint density at radius 1 is 1.29 bits per heavy atom. The molecular formula is C18H24ClN3O2. The Labute approximate surface area is 147 Å². The van der Waals surface area contributed by atoms with Crippen molar-refractivity contribution >= 4 is 11.6 Å². The van der Waals surface area contributed by atoms with E-state index in [4.69, 9.17) is 21.1 Å². The van der Waals surface area contributed by atoms with Gasteiger partial charge in [0.2, 0.25) is 0 Å². The summed E-state index contributed by atoms with van der Waals surface area (Å²) in [6, 6.07) is 6.03. The van der Waals surface area contributed by atoms with Crippen molar-refractivity contribution in [3.63, 3.8) is 0 Å². The van der Waals surface area contributed by atoms with Crippen molar-refractivity contribution < 1.29 is 9.47 Å². The molecular weight excluding hydrogens is 326 g/mol. The zero-order valence-electron chi connectivity index (χ0n) is 14.4. The van der Waals surface area contributed by atoms with E-state index in [0.717, 1.165) is 24.4 Å². The number of hydrogen-bond donors (Lipinski definition) is 1. The number of benzene rings is 1. The summed E-state index contributed by atoms with van der Waals surface area (Å²) in [5.74, 6) is 2.32. The molecule has 0 saturated carbocycles. The Bertz CT molecular complexity index is 700. The molecule has 0 radical (unpaired) electrons. The Kier molecular flexibility index (Phi) is 5.31. The minimum Gasteiger partial charge on any atom is -0.486 e. The number of fused-ring (bicyclic) bond motifs is 1. The Morgan fingerprint density at radius 3 is 2.79 bits per heavy atom. The van der Waals surface area contributed by atoms with E-state index in [0.29, 0.717) is 35.8 Å². The Balaban J connectivity index is 1.65. The monoisotopic (exact) mass is 349 g/mol. The molecule has 6 heteroatoms. The lowest BCUT2D eigenvalue weighted by Gasteiger charge is -2.23. The van der Waals surface area contributed by atoms with Gasteiger partial charge in [-0.2, -0.15) is 5.10 Å². The third-order valence-corrected chi connectivity index (χ3v) is 4.67. The first-order valence-electron chi connectivity index (χ1n) is 8.33. The number of rotatable bonds is 6. The van der Waals surface area contributed by atoms with E-state index >= 15 is 0 Å². The van der Waals surface area contributed by atoms with Crippen LogP contribution in [0.15, 0.2) is 24.4 Å². The van der Waals surface area contributed by atoms with Crippen molar-refractivity contribution in [1.29, 1.82) is 0 Å². The fourth-order valence-electron chi connectivity index (χ4n) is 3.07. The summed E-state index contributed by atoms with van der Waals surface area (Å²) in [5.41, 5.74) is 2.34. The van der Waals surface area contributed by atoms with Gasteiger partial charge in [0.1, 0.15) is 13.2 Å². The third kappa shape index (κ3) is 3.68. The van der Waals surface area contributed by atoms with Crippen molar-refractivity contribution in [2.45, 2.75) is 26.3 Å². The van der Waals surface area contributed by atoms with E-state index < -0.39 is 0 Å². The summed E-state index contributed by atoms with van der Waals surface area (Å²) in [6.45, 7) is 7.20. The van der Waals surface area contributed by atoms with Crippen LogP contribution in [0.5, 0.6) is 11.5 Å². The number of aryl methyl sites for hydroxylation is 1. The molecule has 0 saturated heterocycles. The third-order valence-electron chi connectivity index (χ3n) is 4.39. The van der Waals surface area contributed by atoms with Crippen LogP contribution in [0.2, 0.25) is 5.02 Å². The van der Waals surface area contributed by atoms with E-state index in [-0.39, 0.29) is 0 Å². The zero-order chi connectivity index (χ0) is 17.1. The van der Waals surface area contributed by atoms with Crippen LogP contribution >= 0.6 is 11.6 Å². The van der Waals surface area contributed by atoms with Crippen molar-refractivity contribution in [3.05, 3.63) is 40.7 Å². The predicted octanol–water partition coefficient (Wildman–Crippen LogP) is 3.37. The quantitative estimate of drug-likeness (QED) is 0.868. The molecule has 1 N–H and O–H groups in total. The highest BCUT2D eigenvalue weighted by Crippen LogP contribution is 2.38. The van der Waals surface area contributed by atoms with Gasteiger partial charge in [0, 0.05) is 37.9 Å². The molecule has 2 aromatic rings. The lowest BCUT2D eigenvalue weighted by atomic mass is 9.92. The molecule has 0 spiro atoms. The SMILES string of the molecule is CC(C)C(CNCc1cc(Cl)c2c(c1)OCCO2)c1ccnn1C. The second kappa shape index (κ2) is 7.45. The van der Waals surface area contributed by atoms with Crippen LogP contribution in [-0.2, 0) is 13.6 Å². The summed E-state index contributed by atoms with van der Waals surface area (Å²) in [7, 11) is 1.99. The van der Waals surface area contributed by atoms with Gasteiger partial charge in [-0.05, 0) is 29.7 Å². The smallest absolute Gasteiger partial charge is 0.179 e. The summed E-state index contributed by atoms with van der Waals surface area (Å²) >= 11 is 6.30. The maximum Gasteiger partial charge on any atom is 0.179 e. The van der Waals surface area contributed by atoms with Gasteiger partial charge in [0.25, 0.3) is 0 Å². The van der Waals surface area contributed by atoms with Gasteiger partial charge in [-0.1, -0.05) is 25.4 Å². The topological polar surface area (TPSA) is 48.3 Å². The molecule has 0 fully saturated rings. The normalized spacial score (nSPS) is 14.9.